The molecule has 1 aliphatic heterocycles. The lowest BCUT2D eigenvalue weighted by Crippen LogP contribution is -2.47. The summed E-state index contributed by atoms with van der Waals surface area (Å²) in [5.74, 6) is 0. The predicted molar refractivity (Wildman–Crippen MR) is 63.1 cm³/mol. The molecule has 0 bridgehead atoms. The summed E-state index contributed by atoms with van der Waals surface area (Å²) in [6.07, 6.45) is 7.10. The van der Waals surface area contributed by atoms with Crippen molar-refractivity contribution in [1.29, 1.82) is 0 Å². The Morgan fingerprint density at radius 2 is 1.88 bits per heavy atom. The molecule has 0 amide bonds. The Kier molecular flexibility index (Phi) is 4.60. The minimum atomic E-state index is 0.356. The second kappa shape index (κ2) is 6.21. The van der Waals surface area contributed by atoms with Crippen molar-refractivity contribution in [3.8, 4) is 0 Å². The van der Waals surface area contributed by atoms with Crippen LogP contribution in [0.4, 0.5) is 0 Å². The number of hydrogen-bond donors (Lipinski definition) is 1. The molecule has 1 saturated heterocycles. The first-order valence-electron chi connectivity index (χ1n) is 6.44. The zero-order valence-electron chi connectivity index (χ0n) is 9.90. The van der Waals surface area contributed by atoms with Crippen molar-refractivity contribution in [3.05, 3.63) is 0 Å². The van der Waals surface area contributed by atoms with Gasteiger partial charge in [-0.15, -0.1) is 0 Å². The SMILES string of the molecule is O/N=C1/CCCCCCC1N1CCOCC1. The Morgan fingerprint density at radius 1 is 1.12 bits per heavy atom. The van der Waals surface area contributed by atoms with Crippen molar-refractivity contribution >= 4 is 5.71 Å². The summed E-state index contributed by atoms with van der Waals surface area (Å²) >= 11 is 0. The van der Waals surface area contributed by atoms with Crippen molar-refractivity contribution < 1.29 is 9.94 Å². The molecule has 4 nitrogen and oxygen atoms in total. The highest BCUT2D eigenvalue weighted by atomic mass is 16.5. The van der Waals surface area contributed by atoms with Gasteiger partial charge in [0.1, 0.15) is 0 Å². The summed E-state index contributed by atoms with van der Waals surface area (Å²) in [5, 5.41) is 12.7. The molecular weight excluding hydrogens is 204 g/mol. The van der Waals surface area contributed by atoms with Crippen LogP contribution < -0.4 is 0 Å². The molecule has 1 saturated carbocycles. The topological polar surface area (TPSA) is 45.1 Å². The molecule has 1 unspecified atom stereocenters. The van der Waals surface area contributed by atoms with Gasteiger partial charge >= 0.3 is 0 Å². The molecule has 2 rings (SSSR count). The van der Waals surface area contributed by atoms with Gasteiger partial charge in [0.25, 0.3) is 0 Å². The smallest absolute Gasteiger partial charge is 0.0742 e. The van der Waals surface area contributed by atoms with E-state index in [9.17, 15) is 0 Å². The van der Waals surface area contributed by atoms with Gasteiger partial charge in [-0.25, -0.2) is 0 Å². The molecular formula is C12H22N2O2. The summed E-state index contributed by atoms with van der Waals surface area (Å²) < 4.78 is 5.37. The molecule has 92 valence electrons. The molecule has 1 aliphatic carbocycles. The number of morpholine rings is 1. The summed E-state index contributed by atoms with van der Waals surface area (Å²) in [4.78, 5) is 2.42. The van der Waals surface area contributed by atoms with E-state index < -0.39 is 0 Å². The van der Waals surface area contributed by atoms with Gasteiger partial charge in [0, 0.05) is 13.1 Å². The van der Waals surface area contributed by atoms with Gasteiger partial charge < -0.3 is 9.94 Å². The minimum absolute atomic E-state index is 0.356. The summed E-state index contributed by atoms with van der Waals surface area (Å²) in [6.45, 7) is 3.58. The van der Waals surface area contributed by atoms with E-state index in [2.05, 4.69) is 10.1 Å². The standard InChI is InChI=1S/C12H22N2O2/c15-13-11-5-3-1-2-4-6-12(11)14-7-9-16-10-8-14/h12,15H,1-10H2/b13-11-. The van der Waals surface area contributed by atoms with E-state index in [4.69, 9.17) is 9.94 Å². The second-order valence-electron chi connectivity index (χ2n) is 4.71. The molecule has 0 aromatic heterocycles. The van der Waals surface area contributed by atoms with Crippen LogP contribution >= 0.6 is 0 Å². The maximum Gasteiger partial charge on any atom is 0.0742 e. The van der Waals surface area contributed by atoms with Crippen LogP contribution in [0.5, 0.6) is 0 Å². The second-order valence-corrected chi connectivity index (χ2v) is 4.71. The first-order chi connectivity index (χ1) is 7.92. The quantitative estimate of drug-likeness (QED) is 0.548. The van der Waals surface area contributed by atoms with Gasteiger partial charge in [0.05, 0.1) is 25.0 Å². The highest BCUT2D eigenvalue weighted by Crippen LogP contribution is 2.20. The molecule has 16 heavy (non-hydrogen) atoms. The van der Waals surface area contributed by atoms with E-state index in [-0.39, 0.29) is 0 Å². The minimum Gasteiger partial charge on any atom is -0.411 e. The Morgan fingerprint density at radius 3 is 2.62 bits per heavy atom. The average molecular weight is 226 g/mol. The third kappa shape index (κ3) is 2.95. The fourth-order valence-electron chi connectivity index (χ4n) is 2.73. The van der Waals surface area contributed by atoms with Crippen molar-refractivity contribution in [3.63, 3.8) is 0 Å². The molecule has 0 spiro atoms. The first kappa shape index (κ1) is 11.9. The Hall–Kier alpha value is -0.610. The number of ether oxygens (including phenoxy) is 1. The lowest BCUT2D eigenvalue weighted by molar-refractivity contribution is 0.0260. The molecule has 1 N–H and O–H groups in total. The number of rotatable bonds is 1. The zero-order chi connectivity index (χ0) is 11.2. The average Bonchev–Trinajstić information content (AvgIpc) is 2.30. The molecule has 2 aliphatic rings. The Balaban J connectivity index is 2.00. The third-order valence-corrected chi connectivity index (χ3v) is 3.66. The van der Waals surface area contributed by atoms with Crippen LogP contribution in [0.2, 0.25) is 0 Å². The Labute approximate surface area is 97.3 Å². The number of hydrogen-bond acceptors (Lipinski definition) is 4. The maximum absolute atomic E-state index is 9.14. The Bertz CT molecular complexity index is 237. The van der Waals surface area contributed by atoms with E-state index in [0.717, 1.165) is 44.9 Å². The van der Waals surface area contributed by atoms with Gasteiger partial charge in [-0.1, -0.05) is 24.4 Å². The van der Waals surface area contributed by atoms with Crippen molar-refractivity contribution in [2.45, 2.75) is 44.6 Å². The van der Waals surface area contributed by atoms with E-state index >= 15 is 0 Å². The van der Waals surface area contributed by atoms with Crippen LogP contribution in [0.15, 0.2) is 5.16 Å². The van der Waals surface area contributed by atoms with E-state index in [1.54, 1.807) is 0 Å². The van der Waals surface area contributed by atoms with Gasteiger partial charge in [0.15, 0.2) is 0 Å². The van der Waals surface area contributed by atoms with E-state index in [1.165, 1.54) is 25.7 Å². The first-order valence-corrected chi connectivity index (χ1v) is 6.44. The number of nitrogens with zero attached hydrogens (tertiary/aromatic N) is 2. The maximum atomic E-state index is 9.14. The van der Waals surface area contributed by atoms with Crippen LogP contribution in [-0.4, -0.2) is 48.2 Å². The molecule has 2 fully saturated rings. The van der Waals surface area contributed by atoms with Gasteiger partial charge in [-0.05, 0) is 19.3 Å². The fraction of sp³-hybridized carbons (Fsp3) is 0.917. The largest absolute Gasteiger partial charge is 0.411 e. The van der Waals surface area contributed by atoms with Crippen LogP contribution in [-0.2, 0) is 4.74 Å². The lowest BCUT2D eigenvalue weighted by Gasteiger charge is -2.35. The summed E-state index contributed by atoms with van der Waals surface area (Å²) in [5.41, 5.74) is 0.988. The van der Waals surface area contributed by atoms with Crippen molar-refractivity contribution in [2.75, 3.05) is 26.3 Å². The van der Waals surface area contributed by atoms with Crippen LogP contribution in [0.1, 0.15) is 38.5 Å². The zero-order valence-corrected chi connectivity index (χ0v) is 9.90. The third-order valence-electron chi connectivity index (χ3n) is 3.66. The van der Waals surface area contributed by atoms with E-state index in [0.29, 0.717) is 6.04 Å². The molecule has 1 heterocycles. The predicted octanol–water partition coefficient (Wildman–Crippen LogP) is 1.87. The van der Waals surface area contributed by atoms with Crippen LogP contribution in [0.3, 0.4) is 0 Å². The van der Waals surface area contributed by atoms with E-state index in [1.807, 2.05) is 0 Å². The monoisotopic (exact) mass is 226 g/mol. The van der Waals surface area contributed by atoms with Gasteiger partial charge in [0.2, 0.25) is 0 Å². The lowest BCUT2D eigenvalue weighted by atomic mass is 9.93. The molecule has 0 aromatic rings. The number of oxime groups is 1. The normalized spacial score (nSPS) is 32.2. The highest BCUT2D eigenvalue weighted by Gasteiger charge is 2.26. The van der Waals surface area contributed by atoms with Gasteiger partial charge in [-0.3, -0.25) is 4.90 Å². The van der Waals surface area contributed by atoms with Crippen LogP contribution in [0, 0.1) is 0 Å². The summed E-state index contributed by atoms with van der Waals surface area (Å²) in [6, 6.07) is 0.356. The molecule has 4 heteroatoms. The summed E-state index contributed by atoms with van der Waals surface area (Å²) in [7, 11) is 0. The van der Waals surface area contributed by atoms with Gasteiger partial charge in [-0.2, -0.15) is 0 Å². The highest BCUT2D eigenvalue weighted by molar-refractivity contribution is 5.89. The molecule has 0 aromatic carbocycles. The van der Waals surface area contributed by atoms with Crippen molar-refractivity contribution in [1.82, 2.24) is 4.90 Å². The molecule has 1 atom stereocenters. The molecule has 0 radical (unpaired) electrons. The van der Waals surface area contributed by atoms with Crippen LogP contribution in [0.25, 0.3) is 0 Å². The van der Waals surface area contributed by atoms with Crippen molar-refractivity contribution in [2.24, 2.45) is 5.16 Å². The fourth-order valence-corrected chi connectivity index (χ4v) is 2.73.